The molecule has 2 aromatic carbocycles. The number of aliphatic hydroxyl groups excluding tert-OH is 1. The lowest BCUT2D eigenvalue weighted by Crippen LogP contribution is -1.86. The summed E-state index contributed by atoms with van der Waals surface area (Å²) in [6.07, 6.45) is 0. The first kappa shape index (κ1) is 12.5. The Morgan fingerprint density at radius 2 is 2.00 bits per heavy atom. The SMILES string of the molecule is OCc1nnc(Oc2ccc3ccccc3c2Br)s1. The maximum absolute atomic E-state index is 8.96. The molecule has 3 aromatic rings. The van der Waals surface area contributed by atoms with E-state index < -0.39 is 0 Å². The average molecular weight is 337 g/mol. The molecule has 0 aliphatic heterocycles. The molecule has 0 atom stereocenters. The van der Waals surface area contributed by atoms with Crippen LogP contribution in [-0.2, 0) is 6.61 Å². The van der Waals surface area contributed by atoms with Gasteiger partial charge in [-0.2, -0.15) is 0 Å². The van der Waals surface area contributed by atoms with Crippen LogP contribution in [0.25, 0.3) is 10.8 Å². The zero-order valence-corrected chi connectivity index (χ0v) is 12.1. The van der Waals surface area contributed by atoms with Crippen molar-refractivity contribution in [1.82, 2.24) is 10.2 Å². The number of nitrogens with zero attached hydrogens (tertiary/aromatic N) is 2. The molecule has 0 saturated heterocycles. The van der Waals surface area contributed by atoms with Gasteiger partial charge in [0.2, 0.25) is 0 Å². The number of benzene rings is 2. The molecule has 0 amide bonds. The molecule has 0 bridgehead atoms. The molecule has 0 aliphatic carbocycles. The van der Waals surface area contributed by atoms with Gasteiger partial charge in [0.05, 0.1) is 11.1 Å². The zero-order valence-electron chi connectivity index (χ0n) is 9.71. The third-order valence-corrected chi connectivity index (χ3v) is 4.21. The predicted octanol–water partition coefficient (Wildman–Crippen LogP) is 3.74. The molecular formula is C13H9BrN2O2S. The van der Waals surface area contributed by atoms with E-state index in [9.17, 15) is 0 Å². The lowest BCUT2D eigenvalue weighted by molar-refractivity contribution is 0.280. The third-order valence-electron chi connectivity index (χ3n) is 2.61. The van der Waals surface area contributed by atoms with Crippen LogP contribution < -0.4 is 4.74 Å². The van der Waals surface area contributed by atoms with Gasteiger partial charge in [0, 0.05) is 0 Å². The largest absolute Gasteiger partial charge is 0.429 e. The van der Waals surface area contributed by atoms with E-state index in [4.69, 9.17) is 9.84 Å². The fourth-order valence-electron chi connectivity index (χ4n) is 1.73. The average Bonchev–Trinajstić information content (AvgIpc) is 2.90. The molecule has 0 fully saturated rings. The smallest absolute Gasteiger partial charge is 0.299 e. The number of hydrogen-bond donors (Lipinski definition) is 1. The molecular weight excluding hydrogens is 328 g/mol. The van der Waals surface area contributed by atoms with Crippen LogP contribution in [0.5, 0.6) is 10.9 Å². The van der Waals surface area contributed by atoms with E-state index in [1.54, 1.807) is 0 Å². The van der Waals surface area contributed by atoms with Crippen molar-refractivity contribution in [1.29, 1.82) is 0 Å². The van der Waals surface area contributed by atoms with Crippen LogP contribution in [0.3, 0.4) is 0 Å². The number of ether oxygens (including phenoxy) is 1. The number of aromatic nitrogens is 2. The molecule has 19 heavy (non-hydrogen) atoms. The fraction of sp³-hybridized carbons (Fsp3) is 0.0769. The Morgan fingerprint density at radius 3 is 2.79 bits per heavy atom. The monoisotopic (exact) mass is 336 g/mol. The van der Waals surface area contributed by atoms with E-state index in [-0.39, 0.29) is 6.61 Å². The predicted molar refractivity (Wildman–Crippen MR) is 77.6 cm³/mol. The van der Waals surface area contributed by atoms with Crippen LogP contribution in [0.1, 0.15) is 5.01 Å². The van der Waals surface area contributed by atoms with Gasteiger partial charge < -0.3 is 9.84 Å². The summed E-state index contributed by atoms with van der Waals surface area (Å²) in [7, 11) is 0. The second-order valence-electron chi connectivity index (χ2n) is 3.82. The standard InChI is InChI=1S/C13H9BrN2O2S/c14-12-9-4-2-1-3-8(9)5-6-10(12)18-13-16-15-11(7-17)19-13/h1-6,17H,7H2. The van der Waals surface area contributed by atoms with Gasteiger partial charge >= 0.3 is 0 Å². The summed E-state index contributed by atoms with van der Waals surface area (Å²) in [5, 5.41) is 19.8. The van der Waals surface area contributed by atoms with Crippen molar-refractivity contribution in [2.45, 2.75) is 6.61 Å². The van der Waals surface area contributed by atoms with Gasteiger partial charge in [0.15, 0.2) is 0 Å². The van der Waals surface area contributed by atoms with E-state index in [0.29, 0.717) is 16.0 Å². The molecule has 0 spiro atoms. The lowest BCUT2D eigenvalue weighted by Gasteiger charge is -2.07. The zero-order chi connectivity index (χ0) is 13.2. The summed E-state index contributed by atoms with van der Waals surface area (Å²) in [5.41, 5.74) is 0. The van der Waals surface area contributed by atoms with Crippen molar-refractivity contribution in [2.75, 3.05) is 0 Å². The molecule has 0 radical (unpaired) electrons. The molecule has 6 heteroatoms. The number of fused-ring (bicyclic) bond motifs is 1. The van der Waals surface area contributed by atoms with Crippen molar-refractivity contribution >= 4 is 38.0 Å². The van der Waals surface area contributed by atoms with Gasteiger partial charge in [0.25, 0.3) is 5.19 Å². The Labute approximate surface area is 121 Å². The van der Waals surface area contributed by atoms with Crippen LogP contribution in [0.4, 0.5) is 0 Å². The van der Waals surface area contributed by atoms with Crippen molar-refractivity contribution in [2.24, 2.45) is 0 Å². The quantitative estimate of drug-likeness (QED) is 0.791. The van der Waals surface area contributed by atoms with Gasteiger partial charge in [0.1, 0.15) is 10.8 Å². The normalized spacial score (nSPS) is 10.8. The van der Waals surface area contributed by atoms with Crippen LogP contribution in [0.2, 0.25) is 0 Å². The first-order valence-corrected chi connectivity index (χ1v) is 7.17. The molecule has 1 N–H and O–H groups in total. The molecule has 1 heterocycles. The highest BCUT2D eigenvalue weighted by molar-refractivity contribution is 9.10. The highest BCUT2D eigenvalue weighted by Gasteiger charge is 2.10. The summed E-state index contributed by atoms with van der Waals surface area (Å²) < 4.78 is 6.57. The van der Waals surface area contributed by atoms with Gasteiger partial charge in [-0.3, -0.25) is 0 Å². The first-order chi connectivity index (χ1) is 9.28. The Kier molecular flexibility index (Phi) is 3.46. The van der Waals surface area contributed by atoms with E-state index >= 15 is 0 Å². The van der Waals surface area contributed by atoms with Gasteiger partial charge in [-0.25, -0.2) is 0 Å². The maximum atomic E-state index is 8.96. The van der Waals surface area contributed by atoms with Crippen LogP contribution in [0, 0.1) is 0 Å². The highest BCUT2D eigenvalue weighted by Crippen LogP contribution is 2.36. The summed E-state index contributed by atoms with van der Waals surface area (Å²) in [6.45, 7) is -0.125. The third kappa shape index (κ3) is 2.47. The highest BCUT2D eigenvalue weighted by atomic mass is 79.9. The van der Waals surface area contributed by atoms with Crippen molar-refractivity contribution in [3.05, 3.63) is 45.9 Å². The second-order valence-corrected chi connectivity index (χ2v) is 5.64. The number of rotatable bonds is 3. The lowest BCUT2D eigenvalue weighted by atomic mass is 10.1. The minimum absolute atomic E-state index is 0.125. The van der Waals surface area contributed by atoms with E-state index in [1.165, 1.54) is 11.3 Å². The molecule has 96 valence electrons. The topological polar surface area (TPSA) is 55.2 Å². The van der Waals surface area contributed by atoms with Gasteiger partial charge in [-0.05, 0) is 32.8 Å². The van der Waals surface area contributed by atoms with Gasteiger partial charge in [-0.1, -0.05) is 46.8 Å². The number of halogens is 1. The summed E-state index contributed by atoms with van der Waals surface area (Å²) in [6, 6.07) is 11.9. The van der Waals surface area contributed by atoms with Gasteiger partial charge in [-0.15, -0.1) is 5.10 Å². The molecule has 4 nitrogen and oxygen atoms in total. The summed E-state index contributed by atoms with van der Waals surface area (Å²) >= 11 is 4.77. The molecule has 0 aliphatic rings. The van der Waals surface area contributed by atoms with E-state index in [0.717, 1.165) is 15.2 Å². The fourth-order valence-corrected chi connectivity index (χ4v) is 2.86. The van der Waals surface area contributed by atoms with Crippen molar-refractivity contribution < 1.29 is 9.84 Å². The van der Waals surface area contributed by atoms with E-state index in [2.05, 4.69) is 26.1 Å². The molecule has 0 unspecified atom stereocenters. The maximum Gasteiger partial charge on any atom is 0.299 e. The Morgan fingerprint density at radius 1 is 1.16 bits per heavy atom. The van der Waals surface area contributed by atoms with E-state index in [1.807, 2.05) is 36.4 Å². The molecule has 0 saturated carbocycles. The van der Waals surface area contributed by atoms with Crippen LogP contribution in [0.15, 0.2) is 40.9 Å². The number of aliphatic hydroxyl groups is 1. The minimum Gasteiger partial charge on any atom is -0.429 e. The Hall–Kier alpha value is -1.50. The summed E-state index contributed by atoms with van der Waals surface area (Å²) in [4.78, 5) is 0. The number of hydrogen-bond acceptors (Lipinski definition) is 5. The molecule has 3 rings (SSSR count). The first-order valence-electron chi connectivity index (χ1n) is 5.56. The van der Waals surface area contributed by atoms with Crippen LogP contribution in [-0.4, -0.2) is 15.3 Å². The Bertz CT molecular complexity index is 729. The van der Waals surface area contributed by atoms with Crippen LogP contribution >= 0.6 is 27.3 Å². The van der Waals surface area contributed by atoms with Crippen molar-refractivity contribution in [3.8, 4) is 10.9 Å². The summed E-state index contributed by atoms with van der Waals surface area (Å²) in [5.74, 6) is 0.680. The Balaban J connectivity index is 1.98. The minimum atomic E-state index is -0.125. The second kappa shape index (κ2) is 5.24. The van der Waals surface area contributed by atoms with Crippen molar-refractivity contribution in [3.63, 3.8) is 0 Å². The molecule has 1 aromatic heterocycles.